The van der Waals surface area contributed by atoms with Crippen molar-refractivity contribution in [3.63, 3.8) is 0 Å². The molecule has 1 aliphatic rings. The van der Waals surface area contributed by atoms with E-state index in [1.807, 2.05) is 0 Å². The highest BCUT2D eigenvalue weighted by Crippen LogP contribution is 2.47. The van der Waals surface area contributed by atoms with Crippen LogP contribution in [0.3, 0.4) is 0 Å². The SMILES string of the molecule is Cc1[nH]c(-c2ccc(C(C)(C)C)cc2)nc1C(C)(C(c1ccccc1)c1ccccc1)N1CCNCC1. The van der Waals surface area contributed by atoms with Gasteiger partial charge >= 0.3 is 0 Å². The number of nitrogens with zero attached hydrogens (tertiary/aromatic N) is 2. The van der Waals surface area contributed by atoms with Crippen LogP contribution < -0.4 is 5.32 Å². The molecule has 1 aliphatic heterocycles. The molecule has 4 aromatic rings. The van der Waals surface area contributed by atoms with E-state index in [1.165, 1.54) is 16.7 Å². The predicted octanol–water partition coefficient (Wildman–Crippen LogP) is 6.64. The first-order chi connectivity index (χ1) is 17.8. The third-order valence-corrected chi connectivity index (χ3v) is 7.99. The first-order valence-electron chi connectivity index (χ1n) is 13.5. The molecular weight excluding hydrogens is 452 g/mol. The van der Waals surface area contributed by atoms with Gasteiger partial charge < -0.3 is 10.3 Å². The van der Waals surface area contributed by atoms with Crippen LogP contribution in [0.15, 0.2) is 84.9 Å². The van der Waals surface area contributed by atoms with E-state index in [0.29, 0.717) is 0 Å². The van der Waals surface area contributed by atoms with Crippen molar-refractivity contribution in [2.24, 2.45) is 0 Å². The van der Waals surface area contributed by atoms with Crippen molar-refractivity contribution in [3.8, 4) is 11.4 Å². The van der Waals surface area contributed by atoms with Crippen molar-refractivity contribution in [2.45, 2.75) is 51.5 Å². The first-order valence-corrected chi connectivity index (χ1v) is 13.5. The zero-order chi connectivity index (χ0) is 26.0. The summed E-state index contributed by atoms with van der Waals surface area (Å²) in [6.07, 6.45) is 0. The number of aryl methyl sites for hydroxylation is 1. The molecule has 0 bridgehead atoms. The maximum Gasteiger partial charge on any atom is 0.137 e. The van der Waals surface area contributed by atoms with Gasteiger partial charge in [-0.1, -0.05) is 106 Å². The fraction of sp³-hybridized carbons (Fsp3) is 0.364. The summed E-state index contributed by atoms with van der Waals surface area (Å²) in [5.41, 5.74) is 7.13. The number of aromatic nitrogens is 2. The molecule has 5 rings (SSSR count). The number of rotatable bonds is 6. The van der Waals surface area contributed by atoms with Crippen LogP contribution in [0.2, 0.25) is 0 Å². The molecule has 2 heterocycles. The maximum absolute atomic E-state index is 5.37. The minimum Gasteiger partial charge on any atom is -0.342 e. The number of aromatic amines is 1. The zero-order valence-corrected chi connectivity index (χ0v) is 22.9. The fourth-order valence-corrected chi connectivity index (χ4v) is 5.95. The van der Waals surface area contributed by atoms with Gasteiger partial charge in [-0.2, -0.15) is 0 Å². The molecule has 1 saturated heterocycles. The standard InChI is InChI=1S/C33H40N4/c1-24-30(36-31(35-24)27-16-18-28(19-17-27)32(2,3)4)33(5,37-22-20-34-21-23-37)29(25-12-8-6-9-13-25)26-14-10-7-11-15-26/h6-19,29,34H,20-23H2,1-5H3,(H,35,36). The zero-order valence-electron chi connectivity index (χ0n) is 22.9. The Morgan fingerprint density at radius 3 is 1.81 bits per heavy atom. The summed E-state index contributed by atoms with van der Waals surface area (Å²) in [7, 11) is 0. The lowest BCUT2D eigenvalue weighted by Crippen LogP contribution is -2.56. The van der Waals surface area contributed by atoms with Crippen molar-refractivity contribution in [1.29, 1.82) is 0 Å². The average molecular weight is 493 g/mol. The summed E-state index contributed by atoms with van der Waals surface area (Å²) in [6, 6.07) is 30.8. The largest absolute Gasteiger partial charge is 0.342 e. The summed E-state index contributed by atoms with van der Waals surface area (Å²) in [5, 5.41) is 3.55. The van der Waals surface area contributed by atoms with E-state index >= 15 is 0 Å². The fourth-order valence-electron chi connectivity index (χ4n) is 5.95. The molecule has 1 atom stereocenters. The molecule has 37 heavy (non-hydrogen) atoms. The van der Waals surface area contributed by atoms with Crippen molar-refractivity contribution in [1.82, 2.24) is 20.2 Å². The van der Waals surface area contributed by atoms with Gasteiger partial charge in [0.1, 0.15) is 5.82 Å². The summed E-state index contributed by atoms with van der Waals surface area (Å²) in [4.78, 5) is 11.7. The van der Waals surface area contributed by atoms with Crippen LogP contribution in [0.4, 0.5) is 0 Å². The Bertz CT molecular complexity index is 1260. The van der Waals surface area contributed by atoms with Crippen molar-refractivity contribution < 1.29 is 0 Å². The molecule has 4 heteroatoms. The van der Waals surface area contributed by atoms with Gasteiger partial charge in [-0.15, -0.1) is 0 Å². The number of hydrogen-bond acceptors (Lipinski definition) is 3. The Morgan fingerprint density at radius 1 is 0.757 bits per heavy atom. The number of H-pyrrole nitrogens is 1. The molecule has 0 aliphatic carbocycles. The van der Waals surface area contributed by atoms with Crippen molar-refractivity contribution in [2.75, 3.05) is 26.2 Å². The number of benzene rings is 3. The topological polar surface area (TPSA) is 44.0 Å². The Balaban J connectivity index is 1.66. The molecule has 0 spiro atoms. The molecule has 192 valence electrons. The van der Waals surface area contributed by atoms with E-state index in [2.05, 4.69) is 135 Å². The summed E-state index contributed by atoms with van der Waals surface area (Å²) >= 11 is 0. The highest BCUT2D eigenvalue weighted by atomic mass is 15.3. The van der Waals surface area contributed by atoms with Gasteiger partial charge in [0, 0.05) is 43.4 Å². The van der Waals surface area contributed by atoms with Crippen LogP contribution in [0.25, 0.3) is 11.4 Å². The number of hydrogen-bond donors (Lipinski definition) is 2. The van der Waals surface area contributed by atoms with Crippen LogP contribution in [0.1, 0.15) is 61.7 Å². The lowest BCUT2D eigenvalue weighted by Gasteiger charge is -2.48. The molecule has 3 aromatic carbocycles. The van der Waals surface area contributed by atoms with Crippen LogP contribution >= 0.6 is 0 Å². The average Bonchev–Trinajstić information content (AvgIpc) is 3.32. The molecule has 0 saturated carbocycles. The lowest BCUT2D eigenvalue weighted by atomic mass is 9.72. The van der Waals surface area contributed by atoms with E-state index in [9.17, 15) is 0 Å². The third-order valence-electron chi connectivity index (χ3n) is 7.99. The normalized spacial score (nSPS) is 16.6. The van der Waals surface area contributed by atoms with E-state index in [0.717, 1.165) is 49.0 Å². The minimum atomic E-state index is -0.338. The number of nitrogens with one attached hydrogen (secondary N) is 2. The summed E-state index contributed by atoms with van der Waals surface area (Å²) < 4.78 is 0. The van der Waals surface area contributed by atoms with Crippen molar-refractivity contribution in [3.05, 3.63) is 113 Å². The molecule has 1 aromatic heterocycles. The van der Waals surface area contributed by atoms with Gasteiger partial charge in [0.25, 0.3) is 0 Å². The summed E-state index contributed by atoms with van der Waals surface area (Å²) in [5.74, 6) is 1.07. The van der Waals surface area contributed by atoms with Crippen LogP contribution in [-0.4, -0.2) is 41.0 Å². The van der Waals surface area contributed by atoms with Gasteiger partial charge in [-0.05, 0) is 36.0 Å². The third kappa shape index (κ3) is 5.01. The van der Waals surface area contributed by atoms with E-state index < -0.39 is 0 Å². The van der Waals surface area contributed by atoms with E-state index in [1.54, 1.807) is 0 Å². The molecule has 1 fully saturated rings. The maximum atomic E-state index is 5.37. The molecule has 2 N–H and O–H groups in total. The van der Waals surface area contributed by atoms with Crippen LogP contribution in [0.5, 0.6) is 0 Å². The number of piperazine rings is 1. The molecule has 4 nitrogen and oxygen atoms in total. The summed E-state index contributed by atoms with van der Waals surface area (Å²) in [6.45, 7) is 15.3. The Hall–Kier alpha value is -3.21. The minimum absolute atomic E-state index is 0.127. The Labute approximate surface area is 222 Å². The molecular formula is C33H40N4. The van der Waals surface area contributed by atoms with Gasteiger partial charge in [-0.25, -0.2) is 4.98 Å². The lowest BCUT2D eigenvalue weighted by molar-refractivity contribution is 0.0673. The van der Waals surface area contributed by atoms with Crippen LogP contribution in [-0.2, 0) is 11.0 Å². The van der Waals surface area contributed by atoms with Gasteiger partial charge in [0.15, 0.2) is 0 Å². The second kappa shape index (κ2) is 10.3. The second-order valence-electron chi connectivity index (χ2n) is 11.5. The number of imidazole rings is 1. The second-order valence-corrected chi connectivity index (χ2v) is 11.5. The Morgan fingerprint density at radius 2 is 1.30 bits per heavy atom. The Kier molecular flexibility index (Phi) is 7.06. The van der Waals surface area contributed by atoms with Gasteiger partial charge in [-0.3, -0.25) is 4.90 Å². The van der Waals surface area contributed by atoms with E-state index in [4.69, 9.17) is 4.98 Å². The quantitative estimate of drug-likeness (QED) is 0.317. The van der Waals surface area contributed by atoms with E-state index in [-0.39, 0.29) is 16.9 Å². The highest BCUT2D eigenvalue weighted by molar-refractivity contribution is 5.58. The van der Waals surface area contributed by atoms with Crippen molar-refractivity contribution >= 4 is 0 Å². The van der Waals surface area contributed by atoms with Gasteiger partial charge in [0.05, 0.1) is 11.2 Å². The first kappa shape index (κ1) is 25.4. The monoisotopic (exact) mass is 492 g/mol. The molecule has 1 unspecified atom stereocenters. The highest BCUT2D eigenvalue weighted by Gasteiger charge is 2.46. The molecule has 0 radical (unpaired) electrons. The van der Waals surface area contributed by atoms with Gasteiger partial charge in [0.2, 0.25) is 0 Å². The smallest absolute Gasteiger partial charge is 0.137 e. The van der Waals surface area contributed by atoms with Crippen LogP contribution in [0, 0.1) is 6.92 Å². The molecule has 0 amide bonds. The predicted molar refractivity (Wildman–Crippen MR) is 154 cm³/mol.